The van der Waals surface area contributed by atoms with E-state index in [0.29, 0.717) is 34.1 Å². The Morgan fingerprint density at radius 1 is 1.18 bits per heavy atom. The van der Waals surface area contributed by atoms with Gasteiger partial charge in [0.1, 0.15) is 5.82 Å². The van der Waals surface area contributed by atoms with Crippen LogP contribution in [0, 0.1) is 17.1 Å². The molecule has 168 valence electrons. The van der Waals surface area contributed by atoms with Crippen molar-refractivity contribution in [2.75, 3.05) is 17.2 Å². The van der Waals surface area contributed by atoms with Crippen molar-refractivity contribution in [3.05, 3.63) is 64.7 Å². The molecular formula is C23H21FN6O2S. The lowest BCUT2D eigenvalue weighted by Gasteiger charge is -2.21. The molecule has 0 saturated carbocycles. The number of carbonyl (C=O) groups is 1. The molecule has 2 aromatic carbocycles. The van der Waals surface area contributed by atoms with Crippen molar-refractivity contribution in [2.24, 2.45) is 0 Å². The van der Waals surface area contributed by atoms with E-state index in [2.05, 4.69) is 10.2 Å². The number of para-hydroxylation sites is 1. The third-order valence-electron chi connectivity index (χ3n) is 5.14. The zero-order valence-electron chi connectivity index (χ0n) is 17.9. The van der Waals surface area contributed by atoms with E-state index in [4.69, 9.17) is 5.26 Å². The minimum atomic E-state index is -0.402. The van der Waals surface area contributed by atoms with Gasteiger partial charge in [0.25, 0.3) is 5.56 Å². The molecular weight excluding hydrogens is 443 g/mol. The first kappa shape index (κ1) is 22.5. The highest BCUT2D eigenvalue weighted by Gasteiger charge is 2.20. The number of benzene rings is 2. The Morgan fingerprint density at radius 3 is 2.67 bits per heavy atom. The third-order valence-corrected chi connectivity index (χ3v) is 6.05. The van der Waals surface area contributed by atoms with Crippen LogP contribution < -0.4 is 10.5 Å². The Hall–Kier alpha value is -3.71. The van der Waals surface area contributed by atoms with Gasteiger partial charge in [0, 0.05) is 18.8 Å². The Labute approximate surface area is 193 Å². The van der Waals surface area contributed by atoms with Gasteiger partial charge in [-0.05, 0) is 42.8 Å². The number of rotatable bonds is 8. The number of nitriles is 1. The van der Waals surface area contributed by atoms with Crippen molar-refractivity contribution in [1.82, 2.24) is 19.2 Å². The SMILES string of the molecule is CCCn1c(=O)c2ccccc2n2c(SCC(=O)N(CCC#N)c3ccc(F)cc3)nnc12. The fourth-order valence-corrected chi connectivity index (χ4v) is 4.45. The zero-order valence-corrected chi connectivity index (χ0v) is 18.8. The van der Waals surface area contributed by atoms with E-state index in [-0.39, 0.29) is 30.2 Å². The number of fused-ring (bicyclic) bond motifs is 3. The monoisotopic (exact) mass is 464 g/mol. The molecule has 10 heteroatoms. The van der Waals surface area contributed by atoms with E-state index in [0.717, 1.165) is 6.42 Å². The molecule has 2 heterocycles. The van der Waals surface area contributed by atoms with Gasteiger partial charge in [-0.25, -0.2) is 4.39 Å². The van der Waals surface area contributed by atoms with Gasteiger partial charge in [-0.1, -0.05) is 30.8 Å². The Balaban J connectivity index is 1.67. The van der Waals surface area contributed by atoms with Crippen LogP contribution in [0.3, 0.4) is 0 Å². The number of aryl methyl sites for hydroxylation is 1. The third kappa shape index (κ3) is 4.45. The number of hydrogen-bond donors (Lipinski definition) is 0. The average molecular weight is 465 g/mol. The molecule has 1 amide bonds. The zero-order chi connectivity index (χ0) is 23.4. The molecule has 8 nitrogen and oxygen atoms in total. The van der Waals surface area contributed by atoms with Crippen LogP contribution >= 0.6 is 11.8 Å². The van der Waals surface area contributed by atoms with Crippen LogP contribution in [0.25, 0.3) is 16.7 Å². The summed E-state index contributed by atoms with van der Waals surface area (Å²) >= 11 is 1.20. The van der Waals surface area contributed by atoms with Crippen molar-refractivity contribution in [2.45, 2.75) is 31.5 Å². The highest BCUT2D eigenvalue weighted by molar-refractivity contribution is 7.99. The Kier molecular flexibility index (Phi) is 6.70. The Morgan fingerprint density at radius 2 is 1.94 bits per heavy atom. The predicted octanol–water partition coefficient (Wildman–Crippen LogP) is 3.63. The van der Waals surface area contributed by atoms with Crippen LogP contribution in [-0.2, 0) is 11.3 Å². The number of halogens is 1. The summed E-state index contributed by atoms with van der Waals surface area (Å²) in [7, 11) is 0. The summed E-state index contributed by atoms with van der Waals surface area (Å²) in [6.45, 7) is 2.68. The summed E-state index contributed by atoms with van der Waals surface area (Å²) in [6.07, 6.45) is 0.906. The average Bonchev–Trinajstić information content (AvgIpc) is 3.25. The molecule has 0 fully saturated rings. The van der Waals surface area contributed by atoms with E-state index < -0.39 is 5.82 Å². The van der Waals surface area contributed by atoms with Crippen LogP contribution in [0.1, 0.15) is 19.8 Å². The molecule has 4 rings (SSSR count). The minimum absolute atomic E-state index is 0.0326. The summed E-state index contributed by atoms with van der Waals surface area (Å²) in [5, 5.41) is 18.5. The maximum Gasteiger partial charge on any atom is 0.262 e. The van der Waals surface area contributed by atoms with Crippen LogP contribution in [0.2, 0.25) is 0 Å². The molecule has 0 unspecified atom stereocenters. The molecule has 0 saturated heterocycles. The quantitative estimate of drug-likeness (QED) is 0.370. The second kappa shape index (κ2) is 9.83. The van der Waals surface area contributed by atoms with Crippen molar-refractivity contribution in [1.29, 1.82) is 5.26 Å². The lowest BCUT2D eigenvalue weighted by atomic mass is 10.2. The van der Waals surface area contributed by atoms with Gasteiger partial charge in [0.2, 0.25) is 11.7 Å². The van der Waals surface area contributed by atoms with E-state index >= 15 is 0 Å². The van der Waals surface area contributed by atoms with Gasteiger partial charge in [-0.15, -0.1) is 10.2 Å². The minimum Gasteiger partial charge on any atom is -0.311 e. The van der Waals surface area contributed by atoms with Crippen molar-refractivity contribution >= 4 is 40.0 Å². The lowest BCUT2D eigenvalue weighted by Crippen LogP contribution is -2.33. The number of carbonyl (C=O) groups excluding carboxylic acids is 1. The molecule has 4 aromatic rings. The van der Waals surface area contributed by atoms with Gasteiger partial charge in [0.15, 0.2) is 5.16 Å². The van der Waals surface area contributed by atoms with E-state index in [9.17, 15) is 14.0 Å². The van der Waals surface area contributed by atoms with Gasteiger partial charge >= 0.3 is 0 Å². The highest BCUT2D eigenvalue weighted by atomic mass is 32.2. The second-order valence-corrected chi connectivity index (χ2v) is 8.25. The fraction of sp³-hybridized carbons (Fsp3) is 0.261. The smallest absolute Gasteiger partial charge is 0.262 e. The second-order valence-electron chi connectivity index (χ2n) is 7.31. The van der Waals surface area contributed by atoms with E-state index in [1.165, 1.54) is 40.9 Å². The van der Waals surface area contributed by atoms with Crippen LogP contribution in [-0.4, -0.2) is 37.4 Å². The lowest BCUT2D eigenvalue weighted by molar-refractivity contribution is -0.116. The largest absolute Gasteiger partial charge is 0.311 e. The van der Waals surface area contributed by atoms with Crippen LogP contribution in [0.4, 0.5) is 10.1 Å². The molecule has 2 aromatic heterocycles. The van der Waals surface area contributed by atoms with Crippen molar-refractivity contribution in [3.63, 3.8) is 0 Å². The maximum absolute atomic E-state index is 13.3. The molecule has 0 atom stereocenters. The maximum atomic E-state index is 13.3. The topological polar surface area (TPSA) is 96.3 Å². The standard InChI is InChI=1S/C23H21FN6O2S/c1-2-13-29-21(32)18-6-3-4-7-19(18)30-22(29)26-27-23(30)33-15-20(31)28(14-5-12-25)17-10-8-16(24)9-11-17/h3-4,6-11H,2,5,13-15H2,1H3. The van der Waals surface area contributed by atoms with Crippen molar-refractivity contribution in [3.8, 4) is 6.07 Å². The number of nitrogens with zero attached hydrogens (tertiary/aromatic N) is 6. The first-order valence-electron chi connectivity index (χ1n) is 10.5. The molecule has 0 bridgehead atoms. The van der Waals surface area contributed by atoms with E-state index in [1.54, 1.807) is 15.0 Å². The van der Waals surface area contributed by atoms with E-state index in [1.807, 2.05) is 31.2 Å². The summed E-state index contributed by atoms with van der Waals surface area (Å²) in [5.74, 6) is -0.189. The van der Waals surface area contributed by atoms with Gasteiger partial charge in [0.05, 0.1) is 29.1 Å². The highest BCUT2D eigenvalue weighted by Crippen LogP contribution is 2.23. The molecule has 0 N–H and O–H groups in total. The summed E-state index contributed by atoms with van der Waals surface area (Å²) < 4.78 is 16.7. The van der Waals surface area contributed by atoms with Gasteiger partial charge < -0.3 is 4.90 Å². The Bertz CT molecular complexity index is 1410. The fourth-order valence-electron chi connectivity index (χ4n) is 3.64. The van der Waals surface area contributed by atoms with Crippen molar-refractivity contribution < 1.29 is 9.18 Å². The first-order chi connectivity index (χ1) is 16.0. The molecule has 33 heavy (non-hydrogen) atoms. The molecule has 0 radical (unpaired) electrons. The summed E-state index contributed by atoms with van der Waals surface area (Å²) in [6, 6.07) is 14.9. The van der Waals surface area contributed by atoms with Gasteiger partial charge in [-0.2, -0.15) is 5.26 Å². The molecule has 0 aliphatic heterocycles. The molecule has 0 aliphatic rings. The molecule has 0 spiro atoms. The summed E-state index contributed by atoms with van der Waals surface area (Å²) in [5.41, 5.74) is 1.06. The summed E-state index contributed by atoms with van der Waals surface area (Å²) in [4.78, 5) is 27.4. The van der Waals surface area contributed by atoms with Gasteiger partial charge in [-0.3, -0.25) is 18.6 Å². The number of amides is 1. The number of hydrogen-bond acceptors (Lipinski definition) is 6. The predicted molar refractivity (Wildman–Crippen MR) is 125 cm³/mol. The van der Waals surface area contributed by atoms with Crippen LogP contribution in [0.15, 0.2) is 58.5 Å². The molecule has 0 aliphatic carbocycles. The number of aromatic nitrogens is 4. The first-order valence-corrected chi connectivity index (χ1v) is 11.5. The normalized spacial score (nSPS) is 11.1. The van der Waals surface area contributed by atoms with Crippen LogP contribution in [0.5, 0.6) is 0 Å². The number of anilines is 1. The number of thioether (sulfide) groups is 1.